The van der Waals surface area contributed by atoms with Gasteiger partial charge in [0, 0.05) is 17.7 Å². The van der Waals surface area contributed by atoms with Gasteiger partial charge in [0.2, 0.25) is 5.91 Å². The molecule has 1 amide bonds. The lowest BCUT2D eigenvalue weighted by Gasteiger charge is -2.07. The molecule has 0 atom stereocenters. The first-order chi connectivity index (χ1) is 12.9. The number of carbonyl (C=O) groups excluding carboxylic acids is 1. The average molecular weight is 365 g/mol. The Hall–Kier alpha value is -3.66. The molecule has 0 heterocycles. The molecule has 0 aliphatic carbocycles. The van der Waals surface area contributed by atoms with Crippen molar-refractivity contribution in [3.05, 3.63) is 68.8 Å². The van der Waals surface area contributed by atoms with Gasteiger partial charge in [0.1, 0.15) is 12.4 Å². The minimum absolute atomic E-state index is 0.0116. The molecular weight excluding hydrogens is 346 g/mol. The summed E-state index contributed by atoms with van der Waals surface area (Å²) >= 11 is 0. The number of non-ortho nitro benzene ring substituents is 1. The lowest BCUT2D eigenvalue weighted by Crippen LogP contribution is -2.20. The summed E-state index contributed by atoms with van der Waals surface area (Å²) in [6.45, 7) is 3.94. The van der Waals surface area contributed by atoms with Crippen molar-refractivity contribution in [2.24, 2.45) is 5.10 Å². The number of ether oxygens (including phenoxy) is 1. The maximum Gasteiger partial charge on any atom is 0.270 e. The largest absolute Gasteiger partial charge is 0.480 e. The Balaban J connectivity index is 2.09. The highest BCUT2D eigenvalue weighted by Gasteiger charge is 2.11. The predicted octanol–water partition coefficient (Wildman–Crippen LogP) is 2.92. The lowest BCUT2D eigenvalue weighted by atomic mass is 10.0. The topological polar surface area (TPSA) is 93.8 Å². The van der Waals surface area contributed by atoms with Crippen molar-refractivity contribution in [2.45, 2.75) is 20.3 Å². The van der Waals surface area contributed by atoms with Gasteiger partial charge in [-0.15, -0.1) is 6.42 Å². The zero-order chi connectivity index (χ0) is 19.8. The molecule has 138 valence electrons. The summed E-state index contributed by atoms with van der Waals surface area (Å²) in [4.78, 5) is 22.5. The van der Waals surface area contributed by atoms with Gasteiger partial charge < -0.3 is 4.74 Å². The van der Waals surface area contributed by atoms with Crippen molar-refractivity contribution < 1.29 is 14.5 Å². The van der Waals surface area contributed by atoms with Crippen LogP contribution in [0, 0.1) is 36.3 Å². The quantitative estimate of drug-likeness (QED) is 0.353. The molecule has 7 heteroatoms. The van der Waals surface area contributed by atoms with Gasteiger partial charge in [-0.25, -0.2) is 5.43 Å². The number of nitrogens with one attached hydrogen (secondary N) is 1. The normalized spacial score (nSPS) is 10.4. The third kappa shape index (κ3) is 5.68. The van der Waals surface area contributed by atoms with Crippen LogP contribution in [0.3, 0.4) is 0 Å². The van der Waals surface area contributed by atoms with E-state index < -0.39 is 4.92 Å². The molecule has 7 nitrogen and oxygen atoms in total. The minimum atomic E-state index is -0.527. The molecule has 2 aromatic rings. The van der Waals surface area contributed by atoms with E-state index in [1.54, 1.807) is 0 Å². The van der Waals surface area contributed by atoms with Crippen molar-refractivity contribution >= 4 is 17.8 Å². The fraction of sp³-hybridized carbons (Fsp3) is 0.200. The van der Waals surface area contributed by atoms with Gasteiger partial charge in [0.25, 0.3) is 5.69 Å². The molecule has 1 N–H and O–H groups in total. The van der Waals surface area contributed by atoms with E-state index in [4.69, 9.17) is 11.2 Å². The Morgan fingerprint density at radius 1 is 1.33 bits per heavy atom. The molecule has 0 fully saturated rings. The Kier molecular flexibility index (Phi) is 6.67. The zero-order valence-electron chi connectivity index (χ0n) is 15.1. The standard InChI is InChI=1S/C20H19N3O4/c1-4-9-27-19-8-7-18(23(25)26)11-17(19)13-21-22-20(24)12-16-6-5-14(2)10-15(16)3/h1,5-8,10-11,13H,9,12H2,2-3H3,(H,22,24)/b21-13-. The number of hydrogen-bond donors (Lipinski definition) is 1. The van der Waals surface area contributed by atoms with E-state index >= 15 is 0 Å². The lowest BCUT2D eigenvalue weighted by molar-refractivity contribution is -0.384. The van der Waals surface area contributed by atoms with Crippen molar-refractivity contribution in [1.82, 2.24) is 5.43 Å². The number of aryl methyl sites for hydroxylation is 2. The summed E-state index contributed by atoms with van der Waals surface area (Å²) in [5.41, 5.74) is 5.69. The van der Waals surface area contributed by atoms with Crippen LogP contribution in [0.25, 0.3) is 0 Å². The maximum atomic E-state index is 12.1. The highest BCUT2D eigenvalue weighted by atomic mass is 16.6. The molecular formula is C20H19N3O4. The van der Waals surface area contributed by atoms with Crippen molar-refractivity contribution in [1.29, 1.82) is 0 Å². The third-order valence-corrected chi connectivity index (χ3v) is 3.76. The van der Waals surface area contributed by atoms with Gasteiger partial charge in [0.15, 0.2) is 0 Å². The summed E-state index contributed by atoms with van der Waals surface area (Å²) in [5, 5.41) is 14.8. The van der Waals surface area contributed by atoms with Crippen molar-refractivity contribution in [2.75, 3.05) is 6.61 Å². The van der Waals surface area contributed by atoms with E-state index in [0.717, 1.165) is 16.7 Å². The average Bonchev–Trinajstić information content (AvgIpc) is 2.62. The second-order valence-electron chi connectivity index (χ2n) is 5.87. The van der Waals surface area contributed by atoms with Crippen molar-refractivity contribution in [3.63, 3.8) is 0 Å². The van der Waals surface area contributed by atoms with E-state index in [1.165, 1.54) is 24.4 Å². The summed E-state index contributed by atoms with van der Waals surface area (Å²) in [6.07, 6.45) is 6.64. The molecule has 0 aliphatic rings. The fourth-order valence-corrected chi connectivity index (χ4v) is 2.43. The maximum absolute atomic E-state index is 12.1. The molecule has 2 rings (SSSR count). The number of nitrogens with zero attached hydrogens (tertiary/aromatic N) is 2. The fourth-order valence-electron chi connectivity index (χ4n) is 2.43. The van der Waals surface area contributed by atoms with Crippen LogP contribution >= 0.6 is 0 Å². The first-order valence-corrected chi connectivity index (χ1v) is 8.13. The minimum Gasteiger partial charge on any atom is -0.480 e. The Morgan fingerprint density at radius 3 is 2.78 bits per heavy atom. The molecule has 27 heavy (non-hydrogen) atoms. The van der Waals surface area contributed by atoms with E-state index in [-0.39, 0.29) is 24.6 Å². The van der Waals surface area contributed by atoms with Crippen LogP contribution in [-0.4, -0.2) is 23.7 Å². The molecule has 0 aromatic heterocycles. The van der Waals surface area contributed by atoms with Gasteiger partial charge in [-0.2, -0.15) is 5.10 Å². The molecule has 0 radical (unpaired) electrons. The van der Waals surface area contributed by atoms with Crippen molar-refractivity contribution in [3.8, 4) is 18.1 Å². The highest BCUT2D eigenvalue weighted by molar-refractivity contribution is 5.86. The van der Waals surface area contributed by atoms with Crippen LogP contribution in [0.2, 0.25) is 0 Å². The van der Waals surface area contributed by atoms with Gasteiger partial charge in [-0.1, -0.05) is 29.7 Å². The van der Waals surface area contributed by atoms with Gasteiger partial charge >= 0.3 is 0 Å². The number of hydrogen-bond acceptors (Lipinski definition) is 5. The molecule has 0 saturated carbocycles. The van der Waals surface area contributed by atoms with Crippen LogP contribution in [0.5, 0.6) is 5.75 Å². The highest BCUT2D eigenvalue weighted by Crippen LogP contribution is 2.22. The predicted molar refractivity (Wildman–Crippen MR) is 103 cm³/mol. The Bertz CT molecular complexity index is 929. The molecule has 0 bridgehead atoms. The number of hydrazone groups is 1. The number of amides is 1. The number of nitro groups is 1. The number of carbonyl (C=O) groups is 1. The monoisotopic (exact) mass is 365 g/mol. The first kappa shape index (κ1) is 19.7. The number of terminal acetylenes is 1. The summed E-state index contributed by atoms with van der Waals surface area (Å²) in [6, 6.07) is 9.89. The number of nitro benzene ring substituents is 1. The van der Waals surface area contributed by atoms with Crippen LogP contribution < -0.4 is 10.2 Å². The summed E-state index contributed by atoms with van der Waals surface area (Å²) in [7, 11) is 0. The Labute approximate surface area is 157 Å². The smallest absolute Gasteiger partial charge is 0.270 e. The van der Waals surface area contributed by atoms with Crippen LogP contribution in [-0.2, 0) is 11.2 Å². The van der Waals surface area contributed by atoms with E-state index in [2.05, 4.69) is 16.4 Å². The SMILES string of the molecule is C#CCOc1ccc([N+](=O)[O-])cc1/C=N\NC(=O)Cc1ccc(C)cc1C. The number of benzene rings is 2. The summed E-state index contributed by atoms with van der Waals surface area (Å²) < 4.78 is 5.34. The molecule has 0 aliphatic heterocycles. The van der Waals surface area contributed by atoms with E-state index in [0.29, 0.717) is 11.3 Å². The molecule has 0 unspecified atom stereocenters. The first-order valence-electron chi connectivity index (χ1n) is 8.13. The Morgan fingerprint density at radius 2 is 2.11 bits per heavy atom. The van der Waals surface area contributed by atoms with E-state index in [9.17, 15) is 14.9 Å². The van der Waals surface area contributed by atoms with Gasteiger partial charge in [0.05, 0.1) is 17.6 Å². The van der Waals surface area contributed by atoms with Crippen LogP contribution in [0.4, 0.5) is 5.69 Å². The molecule has 2 aromatic carbocycles. The van der Waals surface area contributed by atoms with Crippen LogP contribution in [0.15, 0.2) is 41.5 Å². The second-order valence-corrected chi connectivity index (χ2v) is 5.87. The number of rotatable bonds is 7. The molecule has 0 saturated heterocycles. The molecule has 0 spiro atoms. The van der Waals surface area contributed by atoms with Gasteiger partial charge in [-0.3, -0.25) is 14.9 Å². The summed E-state index contributed by atoms with van der Waals surface area (Å²) in [5.74, 6) is 2.36. The van der Waals surface area contributed by atoms with Gasteiger partial charge in [-0.05, 0) is 31.0 Å². The van der Waals surface area contributed by atoms with Crippen LogP contribution in [0.1, 0.15) is 22.3 Å². The zero-order valence-corrected chi connectivity index (χ0v) is 15.1. The third-order valence-electron chi connectivity index (χ3n) is 3.76. The van der Waals surface area contributed by atoms with E-state index in [1.807, 2.05) is 32.0 Å². The second kappa shape index (κ2) is 9.15.